The SMILES string of the molecule is O=[N+]([O-])c1ccc(C#CC2CC2)nc1. The zero-order valence-electron chi connectivity index (χ0n) is 7.43. The van der Waals surface area contributed by atoms with Gasteiger partial charge in [-0.1, -0.05) is 5.92 Å². The van der Waals surface area contributed by atoms with Crippen molar-refractivity contribution in [3.8, 4) is 11.8 Å². The van der Waals surface area contributed by atoms with Crippen molar-refractivity contribution >= 4 is 5.69 Å². The van der Waals surface area contributed by atoms with E-state index in [1.165, 1.54) is 25.1 Å². The molecule has 0 radical (unpaired) electrons. The number of rotatable bonds is 1. The average molecular weight is 188 g/mol. The van der Waals surface area contributed by atoms with Gasteiger partial charge in [-0.3, -0.25) is 10.1 Å². The summed E-state index contributed by atoms with van der Waals surface area (Å²) >= 11 is 0. The number of hydrogen-bond donors (Lipinski definition) is 0. The summed E-state index contributed by atoms with van der Waals surface area (Å²) < 4.78 is 0. The lowest BCUT2D eigenvalue weighted by atomic mass is 10.3. The van der Waals surface area contributed by atoms with Gasteiger partial charge in [0.2, 0.25) is 0 Å². The molecule has 4 nitrogen and oxygen atoms in total. The normalized spacial score (nSPS) is 14.3. The maximum absolute atomic E-state index is 10.3. The first-order valence-electron chi connectivity index (χ1n) is 4.38. The van der Waals surface area contributed by atoms with E-state index in [0.29, 0.717) is 11.6 Å². The Morgan fingerprint density at radius 2 is 2.29 bits per heavy atom. The predicted octanol–water partition coefficient (Wildman–Crippen LogP) is 1.75. The molecule has 0 saturated heterocycles. The first-order valence-corrected chi connectivity index (χ1v) is 4.38. The van der Waals surface area contributed by atoms with Gasteiger partial charge >= 0.3 is 0 Å². The van der Waals surface area contributed by atoms with Crippen LogP contribution in [0.15, 0.2) is 18.3 Å². The highest BCUT2D eigenvalue weighted by atomic mass is 16.6. The third-order valence-electron chi connectivity index (χ3n) is 1.94. The zero-order chi connectivity index (χ0) is 9.97. The molecule has 14 heavy (non-hydrogen) atoms. The van der Waals surface area contributed by atoms with Crippen LogP contribution >= 0.6 is 0 Å². The molecule has 0 bridgehead atoms. The quantitative estimate of drug-likeness (QED) is 0.383. The summed E-state index contributed by atoms with van der Waals surface area (Å²) in [5.41, 5.74) is 0.601. The maximum Gasteiger partial charge on any atom is 0.287 e. The minimum Gasteiger partial charge on any atom is -0.258 e. The zero-order valence-corrected chi connectivity index (χ0v) is 7.43. The Morgan fingerprint density at radius 1 is 1.50 bits per heavy atom. The van der Waals surface area contributed by atoms with Crippen LogP contribution in [0.3, 0.4) is 0 Å². The number of pyridine rings is 1. The highest BCUT2D eigenvalue weighted by Gasteiger charge is 2.17. The summed E-state index contributed by atoms with van der Waals surface area (Å²) in [6, 6.07) is 3.00. The molecule has 0 unspecified atom stereocenters. The van der Waals surface area contributed by atoms with Gasteiger partial charge in [0.15, 0.2) is 0 Å². The van der Waals surface area contributed by atoms with Crippen LogP contribution in [0, 0.1) is 27.9 Å². The van der Waals surface area contributed by atoms with Crippen LogP contribution in [0.2, 0.25) is 0 Å². The third kappa shape index (κ3) is 2.07. The van der Waals surface area contributed by atoms with Gasteiger partial charge < -0.3 is 0 Å². The van der Waals surface area contributed by atoms with Crippen molar-refractivity contribution in [1.29, 1.82) is 0 Å². The van der Waals surface area contributed by atoms with E-state index in [4.69, 9.17) is 0 Å². The van der Waals surface area contributed by atoms with Gasteiger partial charge in [-0.05, 0) is 24.8 Å². The Hall–Kier alpha value is -1.89. The molecule has 0 atom stereocenters. The van der Waals surface area contributed by atoms with Crippen LogP contribution in [0.25, 0.3) is 0 Å². The average Bonchev–Trinajstić information content (AvgIpc) is 2.99. The molecule has 70 valence electrons. The fourth-order valence-electron chi connectivity index (χ4n) is 0.972. The minimum atomic E-state index is -0.467. The number of hydrogen-bond acceptors (Lipinski definition) is 3. The number of nitrogens with zero attached hydrogens (tertiary/aromatic N) is 2. The van der Waals surface area contributed by atoms with E-state index in [2.05, 4.69) is 16.8 Å². The molecule has 0 aromatic carbocycles. The summed E-state index contributed by atoms with van der Waals surface area (Å²) in [5, 5.41) is 10.3. The fourth-order valence-corrected chi connectivity index (χ4v) is 0.972. The van der Waals surface area contributed by atoms with Gasteiger partial charge in [-0.15, -0.1) is 0 Å². The van der Waals surface area contributed by atoms with E-state index in [0.717, 1.165) is 0 Å². The van der Waals surface area contributed by atoms with Crippen LogP contribution in [0.1, 0.15) is 18.5 Å². The van der Waals surface area contributed by atoms with Gasteiger partial charge in [0.05, 0.1) is 4.92 Å². The van der Waals surface area contributed by atoms with Crippen molar-refractivity contribution < 1.29 is 4.92 Å². The minimum absolute atomic E-state index is 0.00183. The van der Waals surface area contributed by atoms with Crippen LogP contribution < -0.4 is 0 Å². The lowest BCUT2D eigenvalue weighted by molar-refractivity contribution is -0.385. The van der Waals surface area contributed by atoms with Crippen molar-refractivity contribution in [2.24, 2.45) is 5.92 Å². The number of aromatic nitrogens is 1. The molecule has 1 aliphatic rings. The van der Waals surface area contributed by atoms with Crippen molar-refractivity contribution in [1.82, 2.24) is 4.98 Å². The molecule has 4 heteroatoms. The van der Waals surface area contributed by atoms with Gasteiger partial charge in [-0.2, -0.15) is 0 Å². The number of nitro groups is 1. The fraction of sp³-hybridized carbons (Fsp3) is 0.300. The Morgan fingerprint density at radius 3 is 2.79 bits per heavy atom. The standard InChI is InChI=1S/C10H8N2O2/c13-12(14)10-6-5-9(11-7-10)4-3-8-1-2-8/h5-8H,1-2H2. The molecule has 0 aliphatic heterocycles. The van der Waals surface area contributed by atoms with E-state index in [1.54, 1.807) is 6.07 Å². The highest BCUT2D eigenvalue weighted by molar-refractivity contribution is 5.35. The van der Waals surface area contributed by atoms with Gasteiger partial charge in [0.25, 0.3) is 5.69 Å². The summed E-state index contributed by atoms with van der Waals surface area (Å²) in [6.07, 6.45) is 3.57. The van der Waals surface area contributed by atoms with Crippen molar-refractivity contribution in [3.63, 3.8) is 0 Å². The highest BCUT2D eigenvalue weighted by Crippen LogP contribution is 2.27. The van der Waals surface area contributed by atoms with Crippen LogP contribution in [-0.2, 0) is 0 Å². The smallest absolute Gasteiger partial charge is 0.258 e. The Bertz CT molecular complexity index is 410. The molecule has 2 rings (SSSR count). The molecule has 1 aromatic rings. The Labute approximate surface area is 81.1 Å². The lowest BCUT2D eigenvalue weighted by Gasteiger charge is -1.89. The van der Waals surface area contributed by atoms with E-state index in [9.17, 15) is 10.1 Å². The molecule has 1 aromatic heterocycles. The summed E-state index contributed by atoms with van der Waals surface area (Å²) in [5.74, 6) is 6.45. The van der Waals surface area contributed by atoms with Crippen molar-refractivity contribution in [2.75, 3.05) is 0 Å². The largest absolute Gasteiger partial charge is 0.287 e. The Kier molecular flexibility index (Phi) is 2.15. The van der Waals surface area contributed by atoms with Crippen molar-refractivity contribution in [3.05, 3.63) is 34.1 Å². The van der Waals surface area contributed by atoms with Gasteiger partial charge in [-0.25, -0.2) is 4.98 Å². The first-order chi connectivity index (χ1) is 6.75. The van der Waals surface area contributed by atoms with E-state index < -0.39 is 4.92 Å². The Balaban J connectivity index is 2.14. The monoisotopic (exact) mass is 188 g/mol. The van der Waals surface area contributed by atoms with E-state index >= 15 is 0 Å². The summed E-state index contributed by atoms with van der Waals surface area (Å²) in [7, 11) is 0. The second-order valence-corrected chi connectivity index (χ2v) is 3.20. The van der Waals surface area contributed by atoms with E-state index in [1.807, 2.05) is 0 Å². The predicted molar refractivity (Wildman–Crippen MR) is 50.5 cm³/mol. The molecule has 1 heterocycles. The van der Waals surface area contributed by atoms with Crippen LogP contribution in [0.5, 0.6) is 0 Å². The van der Waals surface area contributed by atoms with Gasteiger partial charge in [0.1, 0.15) is 11.9 Å². The molecule has 0 amide bonds. The third-order valence-corrected chi connectivity index (χ3v) is 1.94. The second kappa shape index (κ2) is 3.46. The van der Waals surface area contributed by atoms with Gasteiger partial charge in [0, 0.05) is 12.0 Å². The molecule has 1 fully saturated rings. The lowest BCUT2D eigenvalue weighted by Crippen LogP contribution is -1.89. The van der Waals surface area contributed by atoms with Crippen LogP contribution in [0.4, 0.5) is 5.69 Å². The summed E-state index contributed by atoms with van der Waals surface area (Å²) in [4.78, 5) is 13.7. The van der Waals surface area contributed by atoms with Crippen LogP contribution in [-0.4, -0.2) is 9.91 Å². The molecule has 0 spiro atoms. The van der Waals surface area contributed by atoms with Crippen molar-refractivity contribution in [2.45, 2.75) is 12.8 Å². The second-order valence-electron chi connectivity index (χ2n) is 3.20. The molecule has 1 aliphatic carbocycles. The molecule has 1 saturated carbocycles. The molecular weight excluding hydrogens is 180 g/mol. The van der Waals surface area contributed by atoms with E-state index in [-0.39, 0.29) is 5.69 Å². The summed E-state index contributed by atoms with van der Waals surface area (Å²) in [6.45, 7) is 0. The topological polar surface area (TPSA) is 56.0 Å². The first kappa shape index (κ1) is 8.70. The molecular formula is C10H8N2O2. The molecule has 0 N–H and O–H groups in total. The maximum atomic E-state index is 10.3.